The maximum absolute atomic E-state index is 13.0. The first-order valence-electron chi connectivity index (χ1n) is 12.8. The highest BCUT2D eigenvalue weighted by molar-refractivity contribution is 5.95. The van der Waals surface area contributed by atoms with Crippen LogP contribution in [-0.2, 0) is 4.79 Å². The molecule has 184 valence electrons. The molecule has 7 heteroatoms. The zero-order chi connectivity index (χ0) is 24.1. The van der Waals surface area contributed by atoms with Gasteiger partial charge in [-0.25, -0.2) is 4.79 Å². The summed E-state index contributed by atoms with van der Waals surface area (Å²) in [6, 6.07) is 7.17. The minimum atomic E-state index is -0.145. The van der Waals surface area contributed by atoms with E-state index >= 15 is 0 Å². The Labute approximate surface area is 202 Å². The summed E-state index contributed by atoms with van der Waals surface area (Å²) in [4.78, 5) is 38.9. The van der Waals surface area contributed by atoms with E-state index in [0.717, 1.165) is 38.0 Å². The zero-order valence-electron chi connectivity index (χ0n) is 20.7. The van der Waals surface area contributed by atoms with Crippen molar-refractivity contribution < 1.29 is 14.4 Å². The molecule has 0 radical (unpaired) electrons. The molecule has 1 heterocycles. The highest BCUT2D eigenvalue weighted by Gasteiger charge is 2.60. The molecular weight excluding hydrogens is 428 g/mol. The van der Waals surface area contributed by atoms with E-state index in [1.54, 1.807) is 24.3 Å². The van der Waals surface area contributed by atoms with Crippen molar-refractivity contribution in [2.45, 2.75) is 83.7 Å². The molecule has 5 fully saturated rings. The number of nitrogens with zero attached hydrogens (tertiary/aromatic N) is 1. The molecule has 7 nitrogen and oxygen atoms in total. The second-order valence-corrected chi connectivity index (χ2v) is 12.3. The SMILES string of the molecule is CC(=O)NC1CCN(C(=O)c2ccc(NC(=O)NC34CC5C[C@@](C)(C3)C[C@](C)(C5)C4)cc2)CC1. The summed E-state index contributed by atoms with van der Waals surface area (Å²) < 4.78 is 0. The maximum atomic E-state index is 13.0. The number of likely N-dealkylation sites (tertiary alicyclic amines) is 1. The molecule has 6 rings (SSSR count). The average Bonchev–Trinajstić information content (AvgIpc) is 2.71. The maximum Gasteiger partial charge on any atom is 0.319 e. The number of hydrogen-bond acceptors (Lipinski definition) is 3. The van der Waals surface area contributed by atoms with Gasteiger partial charge < -0.3 is 20.9 Å². The topological polar surface area (TPSA) is 90.5 Å². The molecule has 4 aliphatic carbocycles. The molecule has 1 saturated heterocycles. The van der Waals surface area contributed by atoms with Crippen molar-refractivity contribution in [3.63, 3.8) is 0 Å². The van der Waals surface area contributed by atoms with E-state index in [4.69, 9.17) is 0 Å². The second-order valence-electron chi connectivity index (χ2n) is 12.3. The third kappa shape index (κ3) is 4.66. The Morgan fingerprint density at radius 3 is 2.09 bits per heavy atom. The first-order chi connectivity index (χ1) is 16.0. The molecule has 4 amide bonds. The number of rotatable bonds is 4. The van der Waals surface area contributed by atoms with Crippen LogP contribution in [0.5, 0.6) is 0 Å². The van der Waals surface area contributed by atoms with Gasteiger partial charge in [0.1, 0.15) is 0 Å². The Hall–Kier alpha value is -2.57. The smallest absolute Gasteiger partial charge is 0.319 e. The lowest BCUT2D eigenvalue weighted by Crippen LogP contribution is -2.65. The number of amides is 4. The summed E-state index contributed by atoms with van der Waals surface area (Å²) in [5.41, 5.74) is 1.92. The molecule has 4 bridgehead atoms. The van der Waals surface area contributed by atoms with Crippen LogP contribution in [0, 0.1) is 16.7 Å². The summed E-state index contributed by atoms with van der Waals surface area (Å²) in [5, 5.41) is 9.31. The molecule has 2 unspecified atom stereocenters. The van der Waals surface area contributed by atoms with Crippen molar-refractivity contribution >= 4 is 23.5 Å². The van der Waals surface area contributed by atoms with Gasteiger partial charge in [0.2, 0.25) is 5.91 Å². The van der Waals surface area contributed by atoms with Crippen molar-refractivity contribution in [2.24, 2.45) is 16.7 Å². The average molecular weight is 467 g/mol. The molecule has 34 heavy (non-hydrogen) atoms. The van der Waals surface area contributed by atoms with Gasteiger partial charge in [0.25, 0.3) is 5.91 Å². The van der Waals surface area contributed by atoms with E-state index in [9.17, 15) is 14.4 Å². The fraction of sp³-hybridized carbons (Fsp3) is 0.667. The van der Waals surface area contributed by atoms with E-state index < -0.39 is 0 Å². The van der Waals surface area contributed by atoms with Crippen molar-refractivity contribution in [3.05, 3.63) is 29.8 Å². The van der Waals surface area contributed by atoms with Crippen LogP contribution in [0.2, 0.25) is 0 Å². The Morgan fingerprint density at radius 2 is 1.53 bits per heavy atom. The van der Waals surface area contributed by atoms with Crippen LogP contribution in [-0.4, -0.2) is 47.4 Å². The molecule has 1 aliphatic heterocycles. The monoisotopic (exact) mass is 466 g/mol. The van der Waals surface area contributed by atoms with E-state index in [-0.39, 0.29) is 29.4 Å². The number of piperidine rings is 1. The minimum absolute atomic E-state index is 0.00710. The van der Waals surface area contributed by atoms with Crippen LogP contribution in [0.1, 0.15) is 82.5 Å². The number of carbonyl (C=O) groups excluding carboxylic acids is 3. The molecule has 0 aromatic heterocycles. The van der Waals surface area contributed by atoms with Gasteiger partial charge in [0, 0.05) is 42.8 Å². The number of anilines is 1. The lowest BCUT2D eigenvalue weighted by atomic mass is 9.43. The molecule has 5 aliphatic rings. The van der Waals surface area contributed by atoms with Crippen molar-refractivity contribution in [2.75, 3.05) is 18.4 Å². The summed E-state index contributed by atoms with van der Waals surface area (Å²) in [5.74, 6) is 0.691. The number of carbonyl (C=O) groups is 3. The number of nitrogens with one attached hydrogen (secondary N) is 3. The van der Waals surface area contributed by atoms with E-state index in [1.165, 1.54) is 26.2 Å². The lowest BCUT2D eigenvalue weighted by Gasteiger charge is -2.65. The lowest BCUT2D eigenvalue weighted by molar-refractivity contribution is -0.119. The minimum Gasteiger partial charge on any atom is -0.353 e. The third-order valence-corrected chi connectivity index (χ3v) is 8.58. The van der Waals surface area contributed by atoms with E-state index in [1.807, 2.05) is 4.90 Å². The van der Waals surface area contributed by atoms with Gasteiger partial charge in [-0.1, -0.05) is 13.8 Å². The number of hydrogen-bond donors (Lipinski definition) is 3. The largest absolute Gasteiger partial charge is 0.353 e. The summed E-state index contributed by atoms with van der Waals surface area (Å²) >= 11 is 0. The van der Waals surface area contributed by atoms with Crippen molar-refractivity contribution in [1.29, 1.82) is 0 Å². The van der Waals surface area contributed by atoms with Crippen molar-refractivity contribution in [1.82, 2.24) is 15.5 Å². The molecule has 4 saturated carbocycles. The Kier molecular flexibility index (Phi) is 5.64. The third-order valence-electron chi connectivity index (χ3n) is 8.58. The molecule has 0 spiro atoms. The van der Waals surface area contributed by atoms with Crippen LogP contribution in [0.3, 0.4) is 0 Å². The second kappa shape index (κ2) is 8.28. The highest BCUT2D eigenvalue weighted by atomic mass is 16.2. The fourth-order valence-corrected chi connectivity index (χ4v) is 8.38. The summed E-state index contributed by atoms with van der Waals surface area (Å²) in [6.07, 6.45) is 8.66. The Morgan fingerprint density at radius 1 is 0.912 bits per heavy atom. The number of urea groups is 1. The summed E-state index contributed by atoms with van der Waals surface area (Å²) in [7, 11) is 0. The summed E-state index contributed by atoms with van der Waals surface area (Å²) in [6.45, 7) is 7.60. The molecular formula is C27H38N4O3. The molecule has 4 atom stereocenters. The van der Waals surface area contributed by atoms with Crippen LogP contribution in [0.25, 0.3) is 0 Å². The first kappa shape index (κ1) is 23.2. The Balaban J connectivity index is 1.16. The predicted molar refractivity (Wildman–Crippen MR) is 131 cm³/mol. The van der Waals surface area contributed by atoms with Gasteiger partial charge in [-0.3, -0.25) is 9.59 Å². The molecule has 1 aromatic rings. The van der Waals surface area contributed by atoms with Crippen LogP contribution < -0.4 is 16.0 Å². The Bertz CT molecular complexity index is 964. The highest BCUT2D eigenvalue weighted by Crippen LogP contribution is 2.66. The zero-order valence-corrected chi connectivity index (χ0v) is 20.7. The first-order valence-corrected chi connectivity index (χ1v) is 12.8. The standard InChI is InChI=1S/C27H38N4O3/c1-18(32)28-22-8-10-31(11-9-22)23(33)20-4-6-21(7-5-20)29-24(34)30-27-14-19-12-25(2,16-27)15-26(3,13-19)17-27/h4-7,19,22H,8-17H2,1-3H3,(H,28,32)(H2,29,30,34)/t19?,25-,26+,27?. The van der Waals surface area contributed by atoms with Crippen LogP contribution in [0.15, 0.2) is 24.3 Å². The normalized spacial score (nSPS) is 34.6. The van der Waals surface area contributed by atoms with Gasteiger partial charge in [-0.15, -0.1) is 0 Å². The molecule has 3 N–H and O–H groups in total. The van der Waals surface area contributed by atoms with Gasteiger partial charge in [0.05, 0.1) is 0 Å². The van der Waals surface area contributed by atoms with Crippen molar-refractivity contribution in [3.8, 4) is 0 Å². The quantitative estimate of drug-likeness (QED) is 0.618. The van der Waals surface area contributed by atoms with Crippen LogP contribution >= 0.6 is 0 Å². The fourth-order valence-electron chi connectivity index (χ4n) is 8.38. The van der Waals surface area contributed by atoms with Gasteiger partial charge >= 0.3 is 6.03 Å². The number of benzene rings is 1. The van der Waals surface area contributed by atoms with E-state index in [2.05, 4.69) is 29.8 Å². The van der Waals surface area contributed by atoms with E-state index in [0.29, 0.717) is 35.2 Å². The van der Waals surface area contributed by atoms with Gasteiger partial charge in [-0.05, 0) is 92.4 Å². The van der Waals surface area contributed by atoms with Gasteiger partial charge in [-0.2, -0.15) is 0 Å². The van der Waals surface area contributed by atoms with Crippen LogP contribution in [0.4, 0.5) is 10.5 Å². The van der Waals surface area contributed by atoms with Gasteiger partial charge in [0.15, 0.2) is 0 Å². The molecule has 1 aromatic carbocycles. The predicted octanol–water partition coefficient (Wildman–Crippen LogP) is 4.30.